The Hall–Kier alpha value is -2.03. The molecule has 4 N–H and O–H groups in total. The molecule has 3 heteroatoms. The highest BCUT2D eigenvalue weighted by Crippen LogP contribution is 2.38. The van der Waals surface area contributed by atoms with E-state index in [1.54, 1.807) is 0 Å². The van der Waals surface area contributed by atoms with Crippen molar-refractivity contribution >= 4 is 11.5 Å². The van der Waals surface area contributed by atoms with Gasteiger partial charge in [-0.1, -0.05) is 30.3 Å². The summed E-state index contributed by atoms with van der Waals surface area (Å²) < 4.78 is 0. The first kappa shape index (κ1) is 10.1. The molecule has 1 heterocycles. The average Bonchev–Trinajstić information content (AvgIpc) is 2.79. The van der Waals surface area contributed by atoms with E-state index in [1.807, 2.05) is 18.2 Å². The fourth-order valence-electron chi connectivity index (χ4n) is 2.55. The minimum atomic E-state index is 0.463. The smallest absolute Gasteiger partial charge is 0.147 e. The van der Waals surface area contributed by atoms with Crippen LogP contribution in [0.5, 0.6) is 0 Å². The summed E-state index contributed by atoms with van der Waals surface area (Å²) in [5.74, 6) is 0.463. The van der Waals surface area contributed by atoms with Crippen LogP contribution >= 0.6 is 0 Å². The van der Waals surface area contributed by atoms with E-state index in [9.17, 15) is 0 Å². The lowest BCUT2D eigenvalue weighted by atomic mass is 9.98. The largest absolute Gasteiger partial charge is 0.395 e. The van der Waals surface area contributed by atoms with Crippen molar-refractivity contribution in [3.05, 3.63) is 41.6 Å². The maximum Gasteiger partial charge on any atom is 0.147 e. The summed E-state index contributed by atoms with van der Waals surface area (Å²) in [5, 5.41) is 0. The molecule has 1 aromatic carbocycles. The van der Waals surface area contributed by atoms with Crippen LogP contribution < -0.4 is 11.5 Å². The van der Waals surface area contributed by atoms with Crippen molar-refractivity contribution in [3.8, 4) is 11.1 Å². The molecule has 3 nitrogen and oxygen atoms in total. The van der Waals surface area contributed by atoms with Crippen LogP contribution in [0.2, 0.25) is 0 Å². The first-order valence-electron chi connectivity index (χ1n) is 5.89. The highest BCUT2D eigenvalue weighted by molar-refractivity contribution is 5.86. The van der Waals surface area contributed by atoms with Gasteiger partial charge in [-0.25, -0.2) is 4.98 Å². The molecule has 2 aromatic rings. The Morgan fingerprint density at radius 1 is 1.00 bits per heavy atom. The van der Waals surface area contributed by atoms with Gasteiger partial charge in [-0.2, -0.15) is 0 Å². The zero-order valence-corrected chi connectivity index (χ0v) is 9.61. The van der Waals surface area contributed by atoms with Crippen molar-refractivity contribution < 1.29 is 0 Å². The van der Waals surface area contributed by atoms with Gasteiger partial charge < -0.3 is 11.5 Å². The van der Waals surface area contributed by atoms with E-state index in [0.29, 0.717) is 11.5 Å². The van der Waals surface area contributed by atoms with Crippen LogP contribution in [0.25, 0.3) is 11.1 Å². The van der Waals surface area contributed by atoms with Crippen LogP contribution in [0.4, 0.5) is 11.5 Å². The summed E-state index contributed by atoms with van der Waals surface area (Å²) >= 11 is 0. The minimum Gasteiger partial charge on any atom is -0.395 e. The molecule has 3 rings (SSSR count). The second-order valence-corrected chi connectivity index (χ2v) is 4.43. The molecule has 0 bridgehead atoms. The SMILES string of the molecule is Nc1nc2c(c(-c3ccccc3)c1N)CCC2. The number of aryl methyl sites for hydroxylation is 1. The zero-order valence-electron chi connectivity index (χ0n) is 9.61. The molecule has 0 saturated heterocycles. The number of nitrogens with two attached hydrogens (primary N) is 2. The van der Waals surface area contributed by atoms with Crippen LogP contribution in [0.1, 0.15) is 17.7 Å². The van der Waals surface area contributed by atoms with Gasteiger partial charge in [0.2, 0.25) is 0 Å². The third kappa shape index (κ3) is 1.55. The van der Waals surface area contributed by atoms with Crippen molar-refractivity contribution in [1.82, 2.24) is 4.98 Å². The van der Waals surface area contributed by atoms with Crippen LogP contribution in [0.3, 0.4) is 0 Å². The first-order chi connectivity index (χ1) is 8.27. The third-order valence-corrected chi connectivity index (χ3v) is 3.35. The van der Waals surface area contributed by atoms with Gasteiger partial charge in [0.15, 0.2) is 0 Å². The number of rotatable bonds is 1. The monoisotopic (exact) mass is 225 g/mol. The van der Waals surface area contributed by atoms with Gasteiger partial charge in [0.25, 0.3) is 0 Å². The van der Waals surface area contributed by atoms with Crippen molar-refractivity contribution in [2.24, 2.45) is 0 Å². The van der Waals surface area contributed by atoms with E-state index in [0.717, 1.165) is 36.1 Å². The fraction of sp³-hybridized carbons (Fsp3) is 0.214. The molecule has 0 radical (unpaired) electrons. The number of hydrogen-bond acceptors (Lipinski definition) is 3. The van der Waals surface area contributed by atoms with Crippen molar-refractivity contribution in [2.45, 2.75) is 19.3 Å². The summed E-state index contributed by atoms with van der Waals surface area (Å²) in [6, 6.07) is 10.2. The molecule has 17 heavy (non-hydrogen) atoms. The number of hydrogen-bond donors (Lipinski definition) is 2. The Balaban J connectivity index is 2.29. The maximum absolute atomic E-state index is 6.10. The highest BCUT2D eigenvalue weighted by atomic mass is 14.9. The normalized spacial score (nSPS) is 13.6. The average molecular weight is 225 g/mol. The Kier molecular flexibility index (Phi) is 2.25. The van der Waals surface area contributed by atoms with E-state index < -0.39 is 0 Å². The maximum atomic E-state index is 6.10. The van der Waals surface area contributed by atoms with Gasteiger partial charge in [0, 0.05) is 11.3 Å². The number of pyridine rings is 1. The van der Waals surface area contributed by atoms with E-state index in [2.05, 4.69) is 17.1 Å². The van der Waals surface area contributed by atoms with Crippen molar-refractivity contribution in [3.63, 3.8) is 0 Å². The van der Waals surface area contributed by atoms with Crippen LogP contribution in [-0.4, -0.2) is 4.98 Å². The number of fused-ring (bicyclic) bond motifs is 1. The van der Waals surface area contributed by atoms with Crippen LogP contribution in [-0.2, 0) is 12.8 Å². The molecule has 1 aromatic heterocycles. The molecule has 0 aliphatic heterocycles. The predicted octanol–water partition coefficient (Wildman–Crippen LogP) is 2.40. The zero-order chi connectivity index (χ0) is 11.8. The van der Waals surface area contributed by atoms with Gasteiger partial charge in [-0.05, 0) is 30.4 Å². The number of nitrogens with zero attached hydrogens (tertiary/aromatic N) is 1. The Morgan fingerprint density at radius 2 is 1.76 bits per heavy atom. The molecule has 86 valence electrons. The molecule has 1 aliphatic rings. The van der Waals surface area contributed by atoms with Gasteiger partial charge in [-0.3, -0.25) is 0 Å². The summed E-state index contributed by atoms with van der Waals surface area (Å²) in [6.45, 7) is 0. The number of benzene rings is 1. The number of anilines is 2. The molecule has 0 fully saturated rings. The lowest BCUT2D eigenvalue weighted by molar-refractivity contribution is 0.900. The molecular formula is C14H15N3. The van der Waals surface area contributed by atoms with Crippen molar-refractivity contribution in [2.75, 3.05) is 11.5 Å². The molecule has 1 aliphatic carbocycles. The summed E-state index contributed by atoms with van der Waals surface area (Å²) in [4.78, 5) is 4.39. The second-order valence-electron chi connectivity index (χ2n) is 4.43. The van der Waals surface area contributed by atoms with Gasteiger partial charge in [0.05, 0.1) is 5.69 Å². The standard InChI is InChI=1S/C14H15N3/c15-13-12(9-5-2-1-3-6-9)10-7-4-8-11(10)17-14(13)16/h1-3,5-6H,4,7-8,15H2,(H2,16,17). The molecule has 0 amide bonds. The van der Waals surface area contributed by atoms with E-state index in [1.165, 1.54) is 5.56 Å². The van der Waals surface area contributed by atoms with E-state index in [4.69, 9.17) is 11.5 Å². The quantitative estimate of drug-likeness (QED) is 0.783. The van der Waals surface area contributed by atoms with Crippen LogP contribution in [0, 0.1) is 0 Å². The Morgan fingerprint density at radius 3 is 2.53 bits per heavy atom. The molecule has 0 atom stereocenters. The molecule has 0 saturated carbocycles. The Labute approximate surface area is 100 Å². The summed E-state index contributed by atoms with van der Waals surface area (Å²) in [7, 11) is 0. The molecular weight excluding hydrogens is 210 g/mol. The lowest BCUT2D eigenvalue weighted by Crippen LogP contribution is -2.05. The van der Waals surface area contributed by atoms with Gasteiger partial charge in [-0.15, -0.1) is 0 Å². The lowest BCUT2D eigenvalue weighted by Gasteiger charge is -2.13. The molecule has 0 spiro atoms. The summed E-state index contributed by atoms with van der Waals surface area (Å²) in [5.41, 5.74) is 17.2. The number of aromatic nitrogens is 1. The Bertz CT molecular complexity index is 561. The minimum absolute atomic E-state index is 0.463. The first-order valence-corrected chi connectivity index (χ1v) is 5.89. The highest BCUT2D eigenvalue weighted by Gasteiger charge is 2.21. The van der Waals surface area contributed by atoms with E-state index in [-0.39, 0.29) is 0 Å². The fourth-order valence-corrected chi connectivity index (χ4v) is 2.55. The van der Waals surface area contributed by atoms with Crippen molar-refractivity contribution in [1.29, 1.82) is 0 Å². The molecule has 0 unspecified atom stereocenters. The van der Waals surface area contributed by atoms with Crippen LogP contribution in [0.15, 0.2) is 30.3 Å². The predicted molar refractivity (Wildman–Crippen MR) is 70.5 cm³/mol. The third-order valence-electron chi connectivity index (χ3n) is 3.35. The number of nitrogen functional groups attached to an aromatic ring is 2. The van der Waals surface area contributed by atoms with E-state index >= 15 is 0 Å². The second kappa shape index (κ2) is 3.77. The summed E-state index contributed by atoms with van der Waals surface area (Å²) in [6.07, 6.45) is 3.21. The van der Waals surface area contributed by atoms with Gasteiger partial charge >= 0.3 is 0 Å². The van der Waals surface area contributed by atoms with Gasteiger partial charge in [0.1, 0.15) is 5.82 Å². The topological polar surface area (TPSA) is 64.9 Å².